The minimum Gasteiger partial charge on any atom is -0.493 e. The van der Waals surface area contributed by atoms with Crippen LogP contribution in [0.15, 0.2) is 18.2 Å². The molecule has 1 aliphatic carbocycles. The molecule has 0 radical (unpaired) electrons. The molecule has 20 heavy (non-hydrogen) atoms. The summed E-state index contributed by atoms with van der Waals surface area (Å²) in [5.74, 6) is 2.55. The molecule has 0 aliphatic heterocycles. The summed E-state index contributed by atoms with van der Waals surface area (Å²) in [5.41, 5.74) is 1.21. The van der Waals surface area contributed by atoms with E-state index in [2.05, 4.69) is 0 Å². The van der Waals surface area contributed by atoms with Crippen molar-refractivity contribution in [1.82, 2.24) is 0 Å². The first-order valence-electron chi connectivity index (χ1n) is 6.59. The molecule has 4 nitrogen and oxygen atoms in total. The van der Waals surface area contributed by atoms with E-state index in [1.165, 1.54) is 5.56 Å². The van der Waals surface area contributed by atoms with Crippen molar-refractivity contribution in [2.75, 3.05) is 20.0 Å². The molecular weight excluding hydrogens is 276 g/mol. The van der Waals surface area contributed by atoms with Gasteiger partial charge in [0.05, 0.1) is 20.6 Å². The van der Waals surface area contributed by atoms with Crippen molar-refractivity contribution in [2.45, 2.75) is 25.0 Å². The summed E-state index contributed by atoms with van der Waals surface area (Å²) in [6, 6.07) is 5.90. The summed E-state index contributed by atoms with van der Waals surface area (Å²) < 4.78 is 10.5. The fraction of sp³-hybridized carbons (Fsp3) is 0.533. The molecule has 0 saturated heterocycles. The number of rotatable bonds is 8. The van der Waals surface area contributed by atoms with Crippen LogP contribution in [0.3, 0.4) is 0 Å². The van der Waals surface area contributed by atoms with Gasteiger partial charge in [0.15, 0.2) is 11.5 Å². The predicted octanol–water partition coefficient (Wildman–Crippen LogP) is 3.19. The summed E-state index contributed by atoms with van der Waals surface area (Å²) >= 11 is 1.79. The Morgan fingerprint density at radius 2 is 2.00 bits per heavy atom. The average Bonchev–Trinajstić information content (AvgIpc) is 3.17. The first-order valence-corrected chi connectivity index (χ1v) is 7.74. The number of ether oxygens (including phenoxy) is 2. The van der Waals surface area contributed by atoms with E-state index in [9.17, 15) is 4.79 Å². The number of hydrogen-bond acceptors (Lipinski definition) is 4. The van der Waals surface area contributed by atoms with Gasteiger partial charge in [0.1, 0.15) is 0 Å². The van der Waals surface area contributed by atoms with Crippen molar-refractivity contribution in [2.24, 2.45) is 5.41 Å². The summed E-state index contributed by atoms with van der Waals surface area (Å²) in [6.07, 6.45) is 2.38. The van der Waals surface area contributed by atoms with Crippen LogP contribution in [0.5, 0.6) is 11.5 Å². The van der Waals surface area contributed by atoms with Crippen molar-refractivity contribution >= 4 is 17.7 Å². The Labute approximate surface area is 123 Å². The van der Waals surface area contributed by atoms with Crippen LogP contribution >= 0.6 is 11.8 Å². The third-order valence-corrected chi connectivity index (χ3v) is 4.96. The van der Waals surface area contributed by atoms with E-state index in [0.29, 0.717) is 6.42 Å². The van der Waals surface area contributed by atoms with Gasteiger partial charge in [0.2, 0.25) is 0 Å². The molecular formula is C15H20O4S. The van der Waals surface area contributed by atoms with Gasteiger partial charge in [-0.25, -0.2) is 0 Å². The van der Waals surface area contributed by atoms with Gasteiger partial charge >= 0.3 is 5.97 Å². The van der Waals surface area contributed by atoms with Crippen LogP contribution < -0.4 is 9.47 Å². The second-order valence-electron chi connectivity index (χ2n) is 5.25. The van der Waals surface area contributed by atoms with Gasteiger partial charge < -0.3 is 14.6 Å². The monoisotopic (exact) mass is 296 g/mol. The molecule has 110 valence electrons. The van der Waals surface area contributed by atoms with E-state index >= 15 is 0 Å². The molecule has 5 heteroatoms. The van der Waals surface area contributed by atoms with Gasteiger partial charge in [-0.15, -0.1) is 0 Å². The quantitative estimate of drug-likeness (QED) is 0.798. The topological polar surface area (TPSA) is 55.8 Å². The molecule has 0 aromatic heterocycles. The fourth-order valence-electron chi connectivity index (χ4n) is 2.23. The normalized spacial score (nSPS) is 15.7. The van der Waals surface area contributed by atoms with E-state index < -0.39 is 5.97 Å². The molecule has 1 fully saturated rings. The van der Waals surface area contributed by atoms with E-state index in [1.807, 2.05) is 18.2 Å². The van der Waals surface area contributed by atoms with Crippen molar-refractivity contribution < 1.29 is 19.4 Å². The summed E-state index contributed by atoms with van der Waals surface area (Å²) in [6.45, 7) is 0. The second kappa shape index (κ2) is 6.39. The molecule has 1 N–H and O–H groups in total. The average molecular weight is 296 g/mol. The van der Waals surface area contributed by atoms with Gasteiger partial charge in [-0.1, -0.05) is 6.07 Å². The van der Waals surface area contributed by atoms with Crippen LogP contribution in [0.1, 0.15) is 24.8 Å². The highest BCUT2D eigenvalue weighted by Crippen LogP contribution is 2.51. The summed E-state index contributed by atoms with van der Waals surface area (Å²) in [5, 5.41) is 8.89. The van der Waals surface area contributed by atoms with E-state index in [4.69, 9.17) is 14.6 Å². The third kappa shape index (κ3) is 3.82. The molecule has 2 rings (SSSR count). The Morgan fingerprint density at radius 3 is 2.55 bits per heavy atom. The number of hydrogen-bond donors (Lipinski definition) is 1. The summed E-state index contributed by atoms with van der Waals surface area (Å²) in [7, 11) is 3.25. The lowest BCUT2D eigenvalue weighted by Crippen LogP contribution is -2.11. The zero-order chi connectivity index (χ0) is 14.6. The van der Waals surface area contributed by atoms with Gasteiger partial charge in [-0.2, -0.15) is 11.8 Å². The smallest absolute Gasteiger partial charge is 0.303 e. The maximum atomic E-state index is 10.8. The first kappa shape index (κ1) is 15.0. The molecule has 1 aromatic rings. The standard InChI is InChI=1S/C15H20O4S/c1-18-12-4-3-11(7-13(12)19-2)9-20-10-15(5-6-15)8-14(16)17/h3-4,7H,5-6,8-10H2,1-2H3,(H,16,17). The van der Waals surface area contributed by atoms with Crippen LogP contribution in [-0.4, -0.2) is 31.0 Å². The van der Waals surface area contributed by atoms with Crippen molar-refractivity contribution in [3.8, 4) is 11.5 Å². The van der Waals surface area contributed by atoms with Crippen LogP contribution in [-0.2, 0) is 10.5 Å². The highest BCUT2D eigenvalue weighted by molar-refractivity contribution is 7.98. The molecule has 1 aliphatic rings. The number of carbonyl (C=O) groups is 1. The number of carboxylic acids is 1. The van der Waals surface area contributed by atoms with E-state index in [0.717, 1.165) is 35.8 Å². The first-order chi connectivity index (χ1) is 9.58. The van der Waals surface area contributed by atoms with Crippen LogP contribution in [0, 0.1) is 5.41 Å². The molecule has 0 spiro atoms. The molecule has 1 aromatic carbocycles. The van der Waals surface area contributed by atoms with E-state index in [-0.39, 0.29) is 5.41 Å². The Morgan fingerprint density at radius 1 is 1.30 bits per heavy atom. The lowest BCUT2D eigenvalue weighted by Gasteiger charge is -2.13. The van der Waals surface area contributed by atoms with Gasteiger partial charge in [0, 0.05) is 5.75 Å². The number of carboxylic acid groups (broad SMARTS) is 1. The molecule has 1 saturated carbocycles. The minimum absolute atomic E-state index is 0.0487. The molecule has 0 heterocycles. The Hall–Kier alpha value is -1.36. The Balaban J connectivity index is 1.87. The van der Waals surface area contributed by atoms with Crippen LogP contribution in [0.2, 0.25) is 0 Å². The lowest BCUT2D eigenvalue weighted by molar-refractivity contribution is -0.138. The Bertz CT molecular complexity index is 483. The lowest BCUT2D eigenvalue weighted by atomic mass is 10.1. The highest BCUT2D eigenvalue weighted by Gasteiger charge is 2.43. The largest absolute Gasteiger partial charge is 0.493 e. The zero-order valence-electron chi connectivity index (χ0n) is 11.8. The molecule has 0 atom stereocenters. The number of aliphatic carboxylic acids is 1. The van der Waals surface area contributed by atoms with Gasteiger partial charge in [0.25, 0.3) is 0 Å². The second-order valence-corrected chi connectivity index (χ2v) is 6.24. The minimum atomic E-state index is -0.686. The van der Waals surface area contributed by atoms with Crippen LogP contribution in [0.25, 0.3) is 0 Å². The van der Waals surface area contributed by atoms with E-state index in [1.54, 1.807) is 26.0 Å². The van der Waals surface area contributed by atoms with Crippen molar-refractivity contribution in [1.29, 1.82) is 0 Å². The van der Waals surface area contributed by atoms with Gasteiger partial charge in [-0.05, 0) is 41.7 Å². The third-order valence-electron chi connectivity index (χ3n) is 3.61. The van der Waals surface area contributed by atoms with Gasteiger partial charge in [-0.3, -0.25) is 4.79 Å². The predicted molar refractivity (Wildman–Crippen MR) is 79.6 cm³/mol. The fourth-order valence-corrected chi connectivity index (χ4v) is 3.57. The number of methoxy groups -OCH3 is 2. The molecule has 0 bridgehead atoms. The number of thioether (sulfide) groups is 1. The maximum absolute atomic E-state index is 10.8. The van der Waals surface area contributed by atoms with Crippen LogP contribution in [0.4, 0.5) is 0 Å². The highest BCUT2D eigenvalue weighted by atomic mass is 32.2. The van der Waals surface area contributed by atoms with Crippen molar-refractivity contribution in [3.05, 3.63) is 23.8 Å². The molecule has 0 amide bonds. The number of benzene rings is 1. The molecule has 0 unspecified atom stereocenters. The summed E-state index contributed by atoms with van der Waals surface area (Å²) in [4.78, 5) is 10.8. The zero-order valence-corrected chi connectivity index (χ0v) is 12.7. The van der Waals surface area contributed by atoms with Crippen molar-refractivity contribution in [3.63, 3.8) is 0 Å². The SMILES string of the molecule is COc1ccc(CSCC2(CC(=O)O)CC2)cc1OC. The Kier molecular flexibility index (Phi) is 4.81. The maximum Gasteiger partial charge on any atom is 0.303 e.